The van der Waals surface area contributed by atoms with E-state index in [1.807, 2.05) is 13.8 Å². The van der Waals surface area contributed by atoms with E-state index in [0.29, 0.717) is 18.8 Å². The summed E-state index contributed by atoms with van der Waals surface area (Å²) in [4.78, 5) is 24.0. The molecule has 0 aliphatic heterocycles. The van der Waals surface area contributed by atoms with E-state index in [0.717, 1.165) is 25.7 Å². The Bertz CT molecular complexity index is 847. The fourth-order valence-corrected chi connectivity index (χ4v) is 8.62. The number of aliphatic carboxylic acids is 1. The minimum atomic E-state index is -2.30. The van der Waals surface area contributed by atoms with Crippen LogP contribution in [-0.4, -0.2) is 28.1 Å². The van der Waals surface area contributed by atoms with Crippen LogP contribution in [0.3, 0.4) is 0 Å². The van der Waals surface area contributed by atoms with Gasteiger partial charge in [0.15, 0.2) is 0 Å². The molecule has 0 aromatic carbocycles. The number of carbonyl (C=O) groups is 2. The first-order valence-electron chi connectivity index (χ1n) is 14.1. The van der Waals surface area contributed by atoms with Crippen molar-refractivity contribution in [3.05, 3.63) is 0 Å². The molecular weight excluding hydrogens is 376 g/mol. The largest absolute Gasteiger partial charge is 0.481 e. The number of carboxylic acids is 1. The lowest BCUT2D eigenvalue weighted by atomic mass is 9.41. The average molecular weight is 423 g/mol. The van der Waals surface area contributed by atoms with Crippen LogP contribution in [0.2, 0.25) is 0 Å². The summed E-state index contributed by atoms with van der Waals surface area (Å²) >= 11 is 0. The molecule has 0 amide bonds. The zero-order valence-corrected chi connectivity index (χ0v) is 19.0. The number of Topliss-reactive ketones (excluding diaryl/α,β-unsaturated/α-hetero) is 1. The molecule has 4 fully saturated rings. The summed E-state index contributed by atoms with van der Waals surface area (Å²) in [5.74, 6) is -1.94. The summed E-state index contributed by atoms with van der Waals surface area (Å²) in [5, 5.41) is 20.9. The monoisotopic (exact) mass is 422 g/mol. The molecule has 4 nitrogen and oxygen atoms in total. The van der Waals surface area contributed by atoms with Crippen LogP contribution in [0, 0.1) is 52.3 Å². The van der Waals surface area contributed by atoms with Gasteiger partial charge in [0.2, 0.25) is 0 Å². The highest BCUT2D eigenvalue weighted by Gasteiger charge is 2.64. The van der Waals surface area contributed by atoms with Crippen LogP contribution in [0.1, 0.15) is 97.3 Å². The van der Waals surface area contributed by atoms with Crippen molar-refractivity contribution in [1.29, 1.82) is 0 Å². The number of carbonyl (C=O) groups excluding carboxylic acids is 1. The van der Waals surface area contributed by atoms with Gasteiger partial charge in [0.1, 0.15) is 5.78 Å². The number of aliphatic hydroxyl groups excluding tert-OH is 1. The van der Waals surface area contributed by atoms with Crippen molar-refractivity contribution in [2.45, 2.75) is 97.9 Å². The Kier molecular flexibility index (Phi) is 4.64. The maximum Gasteiger partial charge on any atom is 0.303 e. The first-order chi connectivity index (χ1) is 15.6. The Labute approximate surface area is 187 Å². The third-order valence-electron chi connectivity index (χ3n) is 10.1. The summed E-state index contributed by atoms with van der Waals surface area (Å²) in [6, 6.07) is 0. The SMILES string of the molecule is [2H]C1([2H])C[C@]2(C)C3CC[C@@]4(C)C(CC[C@@H]4[C@H](C)CCC(=O)O)C3[C@H](O)[C@H](CC)[C@@H]2C([2H])([2H])C1=O. The summed E-state index contributed by atoms with van der Waals surface area (Å²) in [7, 11) is 0. The third-order valence-corrected chi connectivity index (χ3v) is 10.1. The van der Waals surface area contributed by atoms with Crippen LogP contribution in [-0.2, 0) is 9.59 Å². The number of aliphatic hydroxyl groups is 1. The van der Waals surface area contributed by atoms with E-state index in [2.05, 4.69) is 13.8 Å². The van der Waals surface area contributed by atoms with Gasteiger partial charge in [-0.15, -0.1) is 0 Å². The van der Waals surface area contributed by atoms with Gasteiger partial charge in [-0.2, -0.15) is 0 Å². The molecule has 4 rings (SSSR count). The van der Waals surface area contributed by atoms with E-state index < -0.39 is 41.9 Å². The Morgan fingerprint density at radius 2 is 1.87 bits per heavy atom. The van der Waals surface area contributed by atoms with E-state index in [-0.39, 0.29) is 47.8 Å². The number of ketones is 1. The second kappa shape index (κ2) is 7.90. The van der Waals surface area contributed by atoms with E-state index in [1.54, 1.807) is 0 Å². The van der Waals surface area contributed by atoms with Gasteiger partial charge in [-0.25, -0.2) is 0 Å². The van der Waals surface area contributed by atoms with Gasteiger partial charge in [0.25, 0.3) is 0 Å². The Balaban J connectivity index is 1.72. The molecule has 4 aliphatic carbocycles. The molecule has 0 saturated heterocycles. The maximum absolute atomic E-state index is 12.9. The molecule has 170 valence electrons. The second-order valence-electron chi connectivity index (χ2n) is 11.3. The smallest absolute Gasteiger partial charge is 0.303 e. The standard InChI is InChI=1S/C26H42O4/c1-5-17-21-14-16(27)10-12-26(21,4)20-11-13-25(3)18(15(2)6-9-22(28)29)7-8-19(25)23(20)24(17)30/h15,17-21,23-24,30H,5-14H2,1-4H3,(H,28,29)/t15-,17-,18-,19?,20?,21+,23?,24-,25-,26-/m1/s1/i10D2,14D2. The van der Waals surface area contributed by atoms with E-state index in [9.17, 15) is 19.8 Å². The Morgan fingerprint density at radius 1 is 1.17 bits per heavy atom. The van der Waals surface area contributed by atoms with Crippen LogP contribution in [0.4, 0.5) is 0 Å². The zero-order chi connectivity index (χ0) is 25.4. The number of carboxylic acid groups (broad SMARTS) is 1. The van der Waals surface area contributed by atoms with Crippen molar-refractivity contribution < 1.29 is 25.3 Å². The van der Waals surface area contributed by atoms with Crippen molar-refractivity contribution in [3.8, 4) is 0 Å². The second-order valence-corrected chi connectivity index (χ2v) is 11.3. The summed E-state index contributed by atoms with van der Waals surface area (Å²) in [6.45, 7) is 8.42. The molecule has 0 bridgehead atoms. The van der Waals surface area contributed by atoms with Crippen LogP contribution in [0.5, 0.6) is 0 Å². The van der Waals surface area contributed by atoms with Crippen LogP contribution < -0.4 is 0 Å². The summed E-state index contributed by atoms with van der Waals surface area (Å²) < 4.78 is 34.4. The molecule has 4 saturated carbocycles. The average Bonchev–Trinajstić information content (AvgIpc) is 3.09. The van der Waals surface area contributed by atoms with E-state index in [4.69, 9.17) is 5.48 Å². The summed E-state index contributed by atoms with van der Waals surface area (Å²) in [6.07, 6.45) is -0.121. The van der Waals surface area contributed by atoms with Crippen molar-refractivity contribution in [3.63, 3.8) is 0 Å². The highest BCUT2D eigenvalue weighted by molar-refractivity contribution is 5.79. The van der Waals surface area contributed by atoms with Gasteiger partial charge in [-0.3, -0.25) is 9.59 Å². The molecule has 10 atom stereocenters. The Hall–Kier alpha value is -0.900. The van der Waals surface area contributed by atoms with Crippen LogP contribution >= 0.6 is 0 Å². The lowest BCUT2D eigenvalue weighted by Gasteiger charge is -2.64. The molecule has 4 heteroatoms. The van der Waals surface area contributed by atoms with Crippen molar-refractivity contribution in [2.24, 2.45) is 52.3 Å². The molecule has 2 N–H and O–H groups in total. The molecule has 3 unspecified atom stereocenters. The molecule has 0 aromatic rings. The molecule has 0 spiro atoms. The van der Waals surface area contributed by atoms with Crippen LogP contribution in [0.15, 0.2) is 0 Å². The van der Waals surface area contributed by atoms with E-state index in [1.165, 1.54) is 0 Å². The molecule has 0 aromatic heterocycles. The molecular formula is C26H42O4. The van der Waals surface area contributed by atoms with Gasteiger partial charge < -0.3 is 10.2 Å². The fraction of sp³-hybridized carbons (Fsp3) is 0.923. The predicted molar refractivity (Wildman–Crippen MR) is 117 cm³/mol. The van der Waals surface area contributed by atoms with Gasteiger partial charge in [0.05, 0.1) is 6.10 Å². The van der Waals surface area contributed by atoms with Crippen molar-refractivity contribution >= 4 is 11.8 Å². The van der Waals surface area contributed by atoms with Crippen molar-refractivity contribution in [2.75, 3.05) is 0 Å². The number of rotatable bonds is 5. The minimum absolute atomic E-state index is 0.00984. The molecule has 0 heterocycles. The van der Waals surface area contributed by atoms with Gasteiger partial charge in [-0.1, -0.05) is 34.1 Å². The van der Waals surface area contributed by atoms with Crippen LogP contribution in [0.25, 0.3) is 0 Å². The van der Waals surface area contributed by atoms with E-state index >= 15 is 0 Å². The zero-order valence-electron chi connectivity index (χ0n) is 23.0. The predicted octanol–water partition coefficient (Wildman–Crippen LogP) is 5.32. The number of fused-ring (bicyclic) bond motifs is 5. The number of hydrogen-bond donors (Lipinski definition) is 2. The minimum Gasteiger partial charge on any atom is -0.481 e. The molecule has 4 aliphatic rings. The maximum atomic E-state index is 12.9. The van der Waals surface area contributed by atoms with Gasteiger partial charge in [0, 0.05) is 24.6 Å². The lowest BCUT2D eigenvalue weighted by molar-refractivity contribution is -0.194. The first-order valence-corrected chi connectivity index (χ1v) is 12.1. The van der Waals surface area contributed by atoms with Crippen molar-refractivity contribution in [1.82, 2.24) is 0 Å². The normalized spacial score (nSPS) is 54.4. The lowest BCUT2D eigenvalue weighted by Crippen LogP contribution is -2.61. The Morgan fingerprint density at radius 3 is 2.53 bits per heavy atom. The van der Waals surface area contributed by atoms with Gasteiger partial charge in [-0.05, 0) is 90.8 Å². The topological polar surface area (TPSA) is 74.6 Å². The highest BCUT2D eigenvalue weighted by atomic mass is 16.4. The fourth-order valence-electron chi connectivity index (χ4n) is 8.62. The summed E-state index contributed by atoms with van der Waals surface area (Å²) in [5.41, 5.74) is -0.704. The molecule has 30 heavy (non-hydrogen) atoms. The quantitative estimate of drug-likeness (QED) is 0.628. The third kappa shape index (κ3) is 3.27. The molecule has 0 radical (unpaired) electrons. The highest BCUT2D eigenvalue weighted by Crippen LogP contribution is 2.69. The first kappa shape index (κ1) is 17.6. The van der Waals surface area contributed by atoms with Gasteiger partial charge >= 0.3 is 5.97 Å². The number of hydrogen-bond acceptors (Lipinski definition) is 3.